The second kappa shape index (κ2) is 4.53. The van der Waals surface area contributed by atoms with E-state index in [1.807, 2.05) is 24.5 Å². The Morgan fingerprint density at radius 2 is 2.29 bits per heavy atom. The molecule has 76 valence electrons. The number of ether oxygens (including phenoxy) is 1. The molecule has 0 bridgehead atoms. The molecule has 1 N–H and O–H groups in total. The fraction of sp³-hybridized carbons (Fsp3) is 0.545. The zero-order valence-electron chi connectivity index (χ0n) is 8.44. The average Bonchev–Trinajstić information content (AvgIpc) is 2.72. The molecule has 2 heterocycles. The average molecular weight is 192 g/mol. The Labute approximate surface area is 84.5 Å². The third kappa shape index (κ3) is 2.30. The molecule has 2 rings (SSSR count). The minimum Gasteiger partial charge on any atom is -0.369 e. The van der Waals surface area contributed by atoms with Crippen LogP contribution in [0.25, 0.3) is 0 Å². The maximum atomic E-state index is 5.91. The van der Waals surface area contributed by atoms with E-state index in [2.05, 4.69) is 17.2 Å². The van der Waals surface area contributed by atoms with Crippen molar-refractivity contribution in [3.05, 3.63) is 30.1 Å². The molecule has 0 radical (unpaired) electrons. The van der Waals surface area contributed by atoms with Crippen LogP contribution >= 0.6 is 0 Å². The lowest BCUT2D eigenvalue weighted by Gasteiger charge is -2.17. The minimum atomic E-state index is 0.169. The van der Waals surface area contributed by atoms with Gasteiger partial charge in [-0.2, -0.15) is 0 Å². The summed E-state index contributed by atoms with van der Waals surface area (Å²) in [5, 5.41) is 3.29. The molecule has 0 amide bonds. The molecule has 1 fully saturated rings. The first-order valence-corrected chi connectivity index (χ1v) is 5.12. The molecule has 3 nitrogen and oxygen atoms in total. The molecule has 1 aromatic rings. The molecule has 3 heteroatoms. The summed E-state index contributed by atoms with van der Waals surface area (Å²) in [6.07, 6.45) is 5.28. The van der Waals surface area contributed by atoms with Crippen molar-refractivity contribution < 1.29 is 4.74 Å². The van der Waals surface area contributed by atoms with E-state index in [1.54, 1.807) is 0 Å². The van der Waals surface area contributed by atoms with Crippen molar-refractivity contribution in [3.8, 4) is 0 Å². The molecular formula is C11H16N2O. The number of aromatic nitrogens is 1. The van der Waals surface area contributed by atoms with E-state index >= 15 is 0 Å². The van der Waals surface area contributed by atoms with E-state index < -0.39 is 0 Å². The van der Waals surface area contributed by atoms with Gasteiger partial charge in [-0.25, -0.2) is 0 Å². The number of pyridine rings is 1. The van der Waals surface area contributed by atoms with Crippen LogP contribution in [0.1, 0.15) is 25.0 Å². The van der Waals surface area contributed by atoms with Crippen molar-refractivity contribution in [2.24, 2.45) is 0 Å². The highest BCUT2D eigenvalue weighted by molar-refractivity contribution is 5.12. The Kier molecular flexibility index (Phi) is 3.11. The molecule has 0 spiro atoms. The normalized spacial score (nSPS) is 23.6. The summed E-state index contributed by atoms with van der Waals surface area (Å²) in [7, 11) is 0. The van der Waals surface area contributed by atoms with Crippen molar-refractivity contribution >= 4 is 0 Å². The topological polar surface area (TPSA) is 34.1 Å². The molecule has 1 aliphatic rings. The fourth-order valence-corrected chi connectivity index (χ4v) is 1.75. The number of rotatable bonds is 3. The van der Waals surface area contributed by atoms with Gasteiger partial charge < -0.3 is 10.1 Å². The lowest BCUT2D eigenvalue weighted by molar-refractivity contribution is 0.00825. The third-order valence-corrected chi connectivity index (χ3v) is 2.59. The first-order valence-electron chi connectivity index (χ1n) is 5.12. The smallest absolute Gasteiger partial charge is 0.0802 e. The van der Waals surface area contributed by atoms with Crippen molar-refractivity contribution in [2.45, 2.75) is 25.6 Å². The molecule has 1 aliphatic heterocycles. The molecular weight excluding hydrogens is 176 g/mol. The Hall–Kier alpha value is -0.930. The first-order chi connectivity index (χ1) is 6.86. The maximum absolute atomic E-state index is 5.91. The third-order valence-electron chi connectivity index (χ3n) is 2.59. The SMILES string of the molecule is C[C@H](O[C@H]1CCNC1)c1ccncc1. The molecule has 2 atom stereocenters. The number of hydrogen-bond acceptors (Lipinski definition) is 3. The molecule has 14 heavy (non-hydrogen) atoms. The molecule has 0 aromatic carbocycles. The van der Waals surface area contributed by atoms with Gasteiger partial charge in [-0.3, -0.25) is 4.98 Å². The summed E-state index contributed by atoms with van der Waals surface area (Å²) in [4.78, 5) is 3.99. The fourth-order valence-electron chi connectivity index (χ4n) is 1.75. The van der Waals surface area contributed by atoms with Gasteiger partial charge in [-0.15, -0.1) is 0 Å². The zero-order valence-corrected chi connectivity index (χ0v) is 8.44. The lowest BCUT2D eigenvalue weighted by Crippen LogP contribution is -2.18. The number of nitrogens with zero attached hydrogens (tertiary/aromatic N) is 1. The van der Waals surface area contributed by atoms with Gasteiger partial charge in [0.25, 0.3) is 0 Å². The van der Waals surface area contributed by atoms with Crippen LogP contribution in [0.3, 0.4) is 0 Å². The molecule has 0 saturated carbocycles. The van der Waals surface area contributed by atoms with Crippen LogP contribution < -0.4 is 5.32 Å². The number of hydrogen-bond donors (Lipinski definition) is 1. The molecule has 1 aromatic heterocycles. The summed E-state index contributed by atoms with van der Waals surface area (Å²) in [6, 6.07) is 4.01. The van der Waals surface area contributed by atoms with E-state index in [4.69, 9.17) is 4.74 Å². The lowest BCUT2D eigenvalue weighted by atomic mass is 10.1. The second-order valence-corrected chi connectivity index (χ2v) is 3.67. The predicted molar refractivity (Wildman–Crippen MR) is 55.0 cm³/mol. The molecule has 0 aliphatic carbocycles. The van der Waals surface area contributed by atoms with E-state index in [0.717, 1.165) is 19.5 Å². The quantitative estimate of drug-likeness (QED) is 0.788. The van der Waals surface area contributed by atoms with Gasteiger partial charge >= 0.3 is 0 Å². The van der Waals surface area contributed by atoms with E-state index in [0.29, 0.717) is 6.10 Å². The van der Waals surface area contributed by atoms with Crippen molar-refractivity contribution in [2.75, 3.05) is 13.1 Å². The van der Waals surface area contributed by atoms with Crippen LogP contribution in [0.15, 0.2) is 24.5 Å². The van der Waals surface area contributed by atoms with E-state index in [1.165, 1.54) is 5.56 Å². The van der Waals surface area contributed by atoms with Gasteiger partial charge in [0.2, 0.25) is 0 Å². The highest BCUT2D eigenvalue weighted by Crippen LogP contribution is 2.19. The van der Waals surface area contributed by atoms with Crippen molar-refractivity contribution in [1.29, 1.82) is 0 Å². The van der Waals surface area contributed by atoms with E-state index in [-0.39, 0.29) is 6.10 Å². The Morgan fingerprint density at radius 1 is 1.50 bits per heavy atom. The Balaban J connectivity index is 1.92. The predicted octanol–water partition coefficient (Wildman–Crippen LogP) is 1.52. The molecule has 0 unspecified atom stereocenters. The van der Waals surface area contributed by atoms with Gasteiger partial charge in [0, 0.05) is 18.9 Å². The highest BCUT2D eigenvalue weighted by atomic mass is 16.5. The molecule has 1 saturated heterocycles. The first kappa shape index (κ1) is 9.62. The van der Waals surface area contributed by atoms with Crippen LogP contribution in [0.2, 0.25) is 0 Å². The summed E-state index contributed by atoms with van der Waals surface area (Å²) in [6.45, 7) is 4.15. The van der Waals surface area contributed by atoms with Crippen LogP contribution in [-0.4, -0.2) is 24.2 Å². The van der Waals surface area contributed by atoms with Crippen LogP contribution in [0, 0.1) is 0 Å². The van der Waals surface area contributed by atoms with Crippen molar-refractivity contribution in [3.63, 3.8) is 0 Å². The standard InChI is InChI=1S/C11H16N2O/c1-9(10-2-5-12-6-3-10)14-11-4-7-13-8-11/h2-3,5-6,9,11,13H,4,7-8H2,1H3/t9-,11-/m0/s1. The van der Waals surface area contributed by atoms with Crippen LogP contribution in [0.4, 0.5) is 0 Å². The van der Waals surface area contributed by atoms with Gasteiger partial charge in [-0.05, 0) is 37.6 Å². The number of nitrogens with one attached hydrogen (secondary N) is 1. The summed E-state index contributed by atoms with van der Waals surface area (Å²) >= 11 is 0. The summed E-state index contributed by atoms with van der Waals surface area (Å²) in [5.41, 5.74) is 1.20. The summed E-state index contributed by atoms with van der Waals surface area (Å²) in [5.74, 6) is 0. The zero-order chi connectivity index (χ0) is 9.80. The van der Waals surface area contributed by atoms with Gasteiger partial charge in [0.05, 0.1) is 12.2 Å². The van der Waals surface area contributed by atoms with Gasteiger partial charge in [0.15, 0.2) is 0 Å². The van der Waals surface area contributed by atoms with E-state index in [9.17, 15) is 0 Å². The largest absolute Gasteiger partial charge is 0.369 e. The monoisotopic (exact) mass is 192 g/mol. The Bertz CT molecular complexity index is 270. The summed E-state index contributed by atoms with van der Waals surface area (Å²) < 4.78 is 5.91. The minimum absolute atomic E-state index is 0.169. The maximum Gasteiger partial charge on any atom is 0.0802 e. The van der Waals surface area contributed by atoms with Crippen molar-refractivity contribution in [1.82, 2.24) is 10.3 Å². The second-order valence-electron chi connectivity index (χ2n) is 3.67. The van der Waals surface area contributed by atoms with Crippen LogP contribution in [-0.2, 0) is 4.74 Å². The highest BCUT2D eigenvalue weighted by Gasteiger charge is 2.18. The van der Waals surface area contributed by atoms with Crippen LogP contribution in [0.5, 0.6) is 0 Å². The Morgan fingerprint density at radius 3 is 2.93 bits per heavy atom. The van der Waals surface area contributed by atoms with Gasteiger partial charge in [0.1, 0.15) is 0 Å². The van der Waals surface area contributed by atoms with Gasteiger partial charge in [-0.1, -0.05) is 0 Å².